The molecule has 24 heavy (non-hydrogen) atoms. The lowest BCUT2D eigenvalue weighted by atomic mass is 10.2. The van der Waals surface area contributed by atoms with Crippen LogP contribution >= 0.6 is 23.4 Å². The van der Waals surface area contributed by atoms with Gasteiger partial charge < -0.3 is 10.1 Å². The third-order valence-electron chi connectivity index (χ3n) is 3.76. The number of ether oxygens (including phenoxy) is 1. The summed E-state index contributed by atoms with van der Waals surface area (Å²) in [4.78, 5) is 13.4. The molecule has 0 bridgehead atoms. The molecule has 2 aromatic rings. The number of halogens is 2. The predicted molar refractivity (Wildman–Crippen MR) is 95.5 cm³/mol. The van der Waals surface area contributed by atoms with Gasteiger partial charge in [0, 0.05) is 22.9 Å². The van der Waals surface area contributed by atoms with E-state index < -0.39 is 5.82 Å². The summed E-state index contributed by atoms with van der Waals surface area (Å²) in [7, 11) is 0. The molecule has 0 aliphatic carbocycles. The average Bonchev–Trinajstić information content (AvgIpc) is 3.10. The molecule has 1 N–H and O–H groups in total. The van der Waals surface area contributed by atoms with E-state index in [4.69, 9.17) is 16.3 Å². The zero-order valence-electron chi connectivity index (χ0n) is 12.9. The Hall–Kier alpha value is -1.56. The van der Waals surface area contributed by atoms with Crippen molar-refractivity contribution in [3.63, 3.8) is 0 Å². The minimum Gasteiger partial charge on any atom is -0.377 e. The fourth-order valence-corrected chi connectivity index (χ4v) is 3.81. The lowest BCUT2D eigenvalue weighted by Crippen LogP contribution is -2.14. The van der Waals surface area contributed by atoms with Gasteiger partial charge in [0.2, 0.25) is 0 Å². The molecule has 6 heteroatoms. The molecule has 126 valence electrons. The number of carbonyl (C=O) groups excluding carboxylic acids is 1. The van der Waals surface area contributed by atoms with E-state index in [0.29, 0.717) is 11.3 Å². The predicted octanol–water partition coefficient (Wildman–Crippen LogP) is 5.00. The zero-order valence-corrected chi connectivity index (χ0v) is 14.5. The van der Waals surface area contributed by atoms with Crippen molar-refractivity contribution in [1.29, 1.82) is 0 Å². The Kier molecular flexibility index (Phi) is 5.76. The zero-order chi connectivity index (χ0) is 16.9. The van der Waals surface area contributed by atoms with E-state index in [1.807, 2.05) is 18.2 Å². The van der Waals surface area contributed by atoms with E-state index in [0.717, 1.165) is 30.1 Å². The van der Waals surface area contributed by atoms with E-state index in [1.54, 1.807) is 17.8 Å². The van der Waals surface area contributed by atoms with Crippen molar-refractivity contribution < 1.29 is 13.9 Å². The van der Waals surface area contributed by atoms with Gasteiger partial charge in [-0.3, -0.25) is 4.79 Å². The van der Waals surface area contributed by atoms with Gasteiger partial charge in [0.25, 0.3) is 5.91 Å². The van der Waals surface area contributed by atoms with Gasteiger partial charge in [-0.05, 0) is 43.2 Å². The molecule has 0 radical (unpaired) electrons. The third-order valence-corrected chi connectivity index (χ3v) is 5.25. The van der Waals surface area contributed by atoms with Gasteiger partial charge in [-0.25, -0.2) is 4.39 Å². The molecule has 2 aromatic carbocycles. The maximum absolute atomic E-state index is 13.2. The van der Waals surface area contributed by atoms with Crippen LogP contribution in [0.3, 0.4) is 0 Å². The molecule has 1 aliphatic heterocycles. The summed E-state index contributed by atoms with van der Waals surface area (Å²) >= 11 is 7.37. The summed E-state index contributed by atoms with van der Waals surface area (Å²) in [6.07, 6.45) is 2.41. The normalized spacial score (nSPS) is 17.0. The monoisotopic (exact) mass is 365 g/mol. The molecule has 1 heterocycles. The number of thioether (sulfide) groups is 1. The quantitative estimate of drug-likeness (QED) is 0.757. The molecule has 1 aliphatic rings. The second-order valence-corrected chi connectivity index (χ2v) is 6.99. The smallest absolute Gasteiger partial charge is 0.256 e. The molecular weight excluding hydrogens is 349 g/mol. The molecule has 1 saturated heterocycles. The molecular formula is C18H17ClFNO2S. The van der Waals surface area contributed by atoms with Crippen molar-refractivity contribution in [1.82, 2.24) is 0 Å². The number of hydrogen-bond acceptors (Lipinski definition) is 3. The largest absolute Gasteiger partial charge is 0.377 e. The van der Waals surface area contributed by atoms with Gasteiger partial charge in [0.05, 0.1) is 16.7 Å². The Morgan fingerprint density at radius 2 is 2.17 bits per heavy atom. The minimum atomic E-state index is -0.512. The number of nitrogens with one attached hydrogen (secondary N) is 1. The highest BCUT2D eigenvalue weighted by Crippen LogP contribution is 2.28. The first-order valence-corrected chi connectivity index (χ1v) is 9.09. The van der Waals surface area contributed by atoms with Crippen molar-refractivity contribution in [2.24, 2.45) is 0 Å². The molecule has 3 nitrogen and oxygen atoms in total. The number of benzene rings is 2. The number of carbonyl (C=O) groups is 1. The van der Waals surface area contributed by atoms with Crippen LogP contribution in [0.25, 0.3) is 0 Å². The van der Waals surface area contributed by atoms with E-state index in [-0.39, 0.29) is 17.0 Å². The third kappa shape index (κ3) is 4.29. The van der Waals surface area contributed by atoms with Crippen LogP contribution in [0.2, 0.25) is 5.02 Å². The molecule has 0 aromatic heterocycles. The number of hydrogen-bond donors (Lipinski definition) is 1. The topological polar surface area (TPSA) is 38.3 Å². The number of anilines is 1. The summed E-state index contributed by atoms with van der Waals surface area (Å²) in [5, 5.41) is 2.74. The van der Waals surface area contributed by atoms with Gasteiger partial charge in [-0.2, -0.15) is 0 Å². The van der Waals surface area contributed by atoms with Crippen molar-refractivity contribution in [3.05, 3.63) is 58.9 Å². The lowest BCUT2D eigenvalue weighted by Gasteiger charge is -2.12. The fraction of sp³-hybridized carbons (Fsp3) is 0.278. The lowest BCUT2D eigenvalue weighted by molar-refractivity contribution is 0.102. The summed E-state index contributed by atoms with van der Waals surface area (Å²) in [5.41, 5.74) is 1.05. The van der Waals surface area contributed by atoms with Crippen molar-refractivity contribution in [2.75, 3.05) is 17.7 Å². The van der Waals surface area contributed by atoms with Crippen LogP contribution in [0, 0.1) is 5.82 Å². The Morgan fingerprint density at radius 3 is 2.92 bits per heavy atom. The van der Waals surface area contributed by atoms with Gasteiger partial charge in [-0.1, -0.05) is 23.7 Å². The van der Waals surface area contributed by atoms with E-state index >= 15 is 0 Å². The van der Waals surface area contributed by atoms with Crippen molar-refractivity contribution in [2.45, 2.75) is 23.8 Å². The van der Waals surface area contributed by atoms with E-state index in [9.17, 15) is 9.18 Å². The maximum atomic E-state index is 13.2. The maximum Gasteiger partial charge on any atom is 0.256 e. The highest BCUT2D eigenvalue weighted by atomic mass is 35.5. The van der Waals surface area contributed by atoms with Crippen LogP contribution in [0.1, 0.15) is 23.2 Å². The van der Waals surface area contributed by atoms with E-state index in [1.165, 1.54) is 18.2 Å². The molecule has 3 rings (SSSR count). The summed E-state index contributed by atoms with van der Waals surface area (Å²) in [5.74, 6) is 0.0717. The first-order chi connectivity index (χ1) is 11.6. The van der Waals surface area contributed by atoms with Crippen LogP contribution in [0.5, 0.6) is 0 Å². The Balaban J connectivity index is 1.70. The molecule has 1 fully saturated rings. The second-order valence-electron chi connectivity index (χ2n) is 5.53. The highest BCUT2D eigenvalue weighted by Gasteiger charge is 2.18. The first kappa shape index (κ1) is 17.3. The summed E-state index contributed by atoms with van der Waals surface area (Å²) in [6, 6.07) is 11.5. The second kappa shape index (κ2) is 8.01. The van der Waals surface area contributed by atoms with Crippen molar-refractivity contribution in [3.8, 4) is 0 Å². The van der Waals surface area contributed by atoms with Crippen LogP contribution < -0.4 is 5.32 Å². The Bertz CT molecular complexity index is 735. The van der Waals surface area contributed by atoms with Crippen LogP contribution in [0.15, 0.2) is 47.4 Å². The highest BCUT2D eigenvalue weighted by molar-refractivity contribution is 7.99. The first-order valence-electron chi connectivity index (χ1n) is 7.73. The van der Waals surface area contributed by atoms with E-state index in [2.05, 4.69) is 5.32 Å². The molecule has 1 amide bonds. The van der Waals surface area contributed by atoms with Gasteiger partial charge in [0.15, 0.2) is 0 Å². The SMILES string of the molecule is O=C(Nc1ccc(F)c(Cl)c1)c1ccccc1SC[C@@H]1CCCO1. The fourth-order valence-electron chi connectivity index (χ4n) is 2.51. The van der Waals surface area contributed by atoms with Gasteiger partial charge in [0.1, 0.15) is 5.82 Å². The van der Waals surface area contributed by atoms with Crippen LogP contribution in [-0.2, 0) is 4.74 Å². The summed E-state index contributed by atoms with van der Waals surface area (Å²) in [6.45, 7) is 0.818. The average molecular weight is 366 g/mol. The summed E-state index contributed by atoms with van der Waals surface area (Å²) < 4.78 is 18.8. The Morgan fingerprint density at radius 1 is 1.33 bits per heavy atom. The minimum absolute atomic E-state index is 0.0196. The van der Waals surface area contributed by atoms with Crippen LogP contribution in [0.4, 0.5) is 10.1 Å². The number of amides is 1. The van der Waals surface area contributed by atoms with Crippen LogP contribution in [-0.4, -0.2) is 24.4 Å². The Labute approximate surface area is 149 Å². The molecule has 0 spiro atoms. The van der Waals surface area contributed by atoms with Crippen molar-refractivity contribution >= 4 is 35.0 Å². The standard InChI is InChI=1S/C18H17ClFNO2S/c19-15-10-12(7-8-16(15)20)21-18(22)14-5-1-2-6-17(14)24-11-13-4-3-9-23-13/h1-2,5-8,10,13H,3-4,9,11H2,(H,21,22)/t13-/m0/s1. The molecule has 0 unspecified atom stereocenters. The van der Waals surface area contributed by atoms with Gasteiger partial charge >= 0.3 is 0 Å². The number of rotatable bonds is 5. The van der Waals surface area contributed by atoms with Gasteiger partial charge in [-0.15, -0.1) is 11.8 Å². The molecule has 1 atom stereocenters. The molecule has 0 saturated carbocycles.